The first kappa shape index (κ1) is 14.1. The molecule has 17 heavy (non-hydrogen) atoms. The van der Waals surface area contributed by atoms with Gasteiger partial charge in [0, 0.05) is 31.5 Å². The lowest BCUT2D eigenvalue weighted by Crippen LogP contribution is -2.39. The van der Waals surface area contributed by atoms with E-state index in [-0.39, 0.29) is 18.3 Å². The van der Waals surface area contributed by atoms with E-state index in [0.29, 0.717) is 6.54 Å². The quantitative estimate of drug-likeness (QED) is 0.809. The van der Waals surface area contributed by atoms with Gasteiger partial charge in [-0.2, -0.15) is 4.31 Å². The maximum Gasteiger partial charge on any atom is 0.215 e. The molecule has 1 aromatic rings. The maximum absolute atomic E-state index is 12.0. The zero-order valence-electron chi connectivity index (χ0n) is 10.2. The normalized spacial score (nSPS) is 12.3. The largest absolute Gasteiger partial charge is 0.329 e. The van der Waals surface area contributed by atoms with Crippen LogP contribution in [-0.4, -0.2) is 36.0 Å². The fourth-order valence-corrected chi connectivity index (χ4v) is 3.06. The van der Waals surface area contributed by atoms with Crippen molar-refractivity contribution in [2.75, 3.05) is 12.3 Å². The Morgan fingerprint density at radius 2 is 2.18 bits per heavy atom. The van der Waals surface area contributed by atoms with Crippen LogP contribution in [0.1, 0.15) is 19.4 Å². The molecule has 0 aliphatic heterocycles. The highest BCUT2D eigenvalue weighted by molar-refractivity contribution is 7.89. The van der Waals surface area contributed by atoms with Crippen LogP contribution in [0.15, 0.2) is 24.5 Å². The van der Waals surface area contributed by atoms with Crippen LogP contribution in [0.2, 0.25) is 0 Å². The Kier molecular flexibility index (Phi) is 5.04. The van der Waals surface area contributed by atoms with Crippen LogP contribution in [0.4, 0.5) is 0 Å². The third-order valence-corrected chi connectivity index (χ3v) is 4.39. The van der Waals surface area contributed by atoms with E-state index in [1.165, 1.54) is 4.31 Å². The molecule has 96 valence electrons. The van der Waals surface area contributed by atoms with Gasteiger partial charge < -0.3 is 5.73 Å². The number of sulfonamides is 1. The van der Waals surface area contributed by atoms with E-state index >= 15 is 0 Å². The van der Waals surface area contributed by atoms with Crippen LogP contribution in [0, 0.1) is 0 Å². The smallest absolute Gasteiger partial charge is 0.215 e. The monoisotopic (exact) mass is 257 g/mol. The average molecular weight is 257 g/mol. The van der Waals surface area contributed by atoms with Crippen LogP contribution < -0.4 is 5.73 Å². The first-order chi connectivity index (χ1) is 7.97. The number of rotatable bonds is 6. The van der Waals surface area contributed by atoms with Gasteiger partial charge in [-0.3, -0.25) is 4.98 Å². The van der Waals surface area contributed by atoms with E-state index in [9.17, 15) is 8.42 Å². The van der Waals surface area contributed by atoms with Crippen LogP contribution in [0.5, 0.6) is 0 Å². The summed E-state index contributed by atoms with van der Waals surface area (Å²) in [5.74, 6) is -0.0224. The van der Waals surface area contributed by atoms with Crippen molar-refractivity contribution in [2.24, 2.45) is 5.73 Å². The number of nitrogens with two attached hydrogens (primary N) is 1. The molecule has 6 heteroatoms. The van der Waals surface area contributed by atoms with Gasteiger partial charge in [-0.15, -0.1) is 0 Å². The Labute approximate surface area is 103 Å². The number of hydrogen-bond donors (Lipinski definition) is 1. The average Bonchev–Trinajstić information content (AvgIpc) is 2.26. The van der Waals surface area contributed by atoms with Crippen molar-refractivity contribution in [3.63, 3.8) is 0 Å². The fraction of sp³-hybridized carbons (Fsp3) is 0.545. The Hall–Kier alpha value is -0.980. The van der Waals surface area contributed by atoms with Crippen molar-refractivity contribution >= 4 is 10.0 Å². The van der Waals surface area contributed by atoms with Gasteiger partial charge in [-0.1, -0.05) is 6.07 Å². The first-order valence-electron chi connectivity index (χ1n) is 5.56. The van der Waals surface area contributed by atoms with E-state index in [4.69, 9.17) is 5.73 Å². The molecule has 0 unspecified atom stereocenters. The minimum absolute atomic E-state index is 0.0224. The van der Waals surface area contributed by atoms with Gasteiger partial charge >= 0.3 is 0 Å². The molecular formula is C11H19N3O2S. The number of hydrogen-bond acceptors (Lipinski definition) is 4. The SMILES string of the molecule is CC(C)N(Cc1cccnc1)S(=O)(=O)CCN. The molecule has 0 radical (unpaired) electrons. The minimum Gasteiger partial charge on any atom is -0.329 e. The van der Waals surface area contributed by atoms with Gasteiger partial charge in [0.25, 0.3) is 0 Å². The second-order valence-electron chi connectivity index (χ2n) is 4.10. The second-order valence-corrected chi connectivity index (χ2v) is 6.15. The zero-order valence-corrected chi connectivity index (χ0v) is 11.0. The molecular weight excluding hydrogens is 238 g/mol. The lowest BCUT2D eigenvalue weighted by atomic mass is 10.2. The lowest BCUT2D eigenvalue weighted by molar-refractivity contribution is 0.348. The molecule has 0 aliphatic rings. The molecule has 2 N–H and O–H groups in total. The van der Waals surface area contributed by atoms with Crippen LogP contribution in [-0.2, 0) is 16.6 Å². The molecule has 0 aliphatic carbocycles. The predicted octanol–water partition coefficient (Wildman–Crippen LogP) is 0.581. The van der Waals surface area contributed by atoms with Crippen LogP contribution in [0.25, 0.3) is 0 Å². The molecule has 0 atom stereocenters. The molecule has 0 bridgehead atoms. The molecule has 1 rings (SSSR count). The summed E-state index contributed by atoms with van der Waals surface area (Å²) in [6.07, 6.45) is 3.34. The lowest BCUT2D eigenvalue weighted by Gasteiger charge is -2.25. The molecule has 0 spiro atoms. The van der Waals surface area contributed by atoms with E-state index in [1.54, 1.807) is 18.5 Å². The van der Waals surface area contributed by atoms with Crippen molar-refractivity contribution in [3.8, 4) is 0 Å². The second kappa shape index (κ2) is 6.09. The summed E-state index contributed by atoms with van der Waals surface area (Å²) in [4.78, 5) is 3.98. The standard InChI is InChI=1S/C11H19N3O2S/c1-10(2)14(17(15,16)7-5-12)9-11-4-3-6-13-8-11/h3-4,6,8,10H,5,7,9,12H2,1-2H3. The van der Waals surface area contributed by atoms with E-state index in [1.807, 2.05) is 19.9 Å². The number of pyridine rings is 1. The highest BCUT2D eigenvalue weighted by Gasteiger charge is 2.24. The van der Waals surface area contributed by atoms with Gasteiger partial charge in [0.15, 0.2) is 0 Å². The van der Waals surface area contributed by atoms with E-state index < -0.39 is 10.0 Å². The Morgan fingerprint density at radius 1 is 1.47 bits per heavy atom. The Bertz CT molecular complexity index is 431. The van der Waals surface area contributed by atoms with Crippen molar-refractivity contribution in [2.45, 2.75) is 26.4 Å². The third-order valence-electron chi connectivity index (χ3n) is 2.37. The highest BCUT2D eigenvalue weighted by Crippen LogP contribution is 2.12. The molecule has 0 amide bonds. The molecule has 0 saturated carbocycles. The summed E-state index contributed by atoms with van der Waals surface area (Å²) in [6.45, 7) is 4.18. The minimum atomic E-state index is -3.29. The summed E-state index contributed by atoms with van der Waals surface area (Å²) in [5, 5.41) is 0. The number of aromatic nitrogens is 1. The zero-order chi connectivity index (χ0) is 12.9. The van der Waals surface area contributed by atoms with Crippen molar-refractivity contribution in [1.29, 1.82) is 0 Å². The van der Waals surface area contributed by atoms with Gasteiger partial charge in [0.05, 0.1) is 5.75 Å². The Balaban J connectivity index is 2.88. The molecule has 0 saturated heterocycles. The summed E-state index contributed by atoms with van der Waals surface area (Å²) in [5.41, 5.74) is 6.20. The third kappa shape index (κ3) is 4.07. The van der Waals surface area contributed by atoms with Crippen molar-refractivity contribution < 1.29 is 8.42 Å². The van der Waals surface area contributed by atoms with Crippen LogP contribution >= 0.6 is 0 Å². The first-order valence-corrected chi connectivity index (χ1v) is 7.17. The molecule has 0 fully saturated rings. The molecule has 0 aromatic carbocycles. The molecule has 1 heterocycles. The molecule has 5 nitrogen and oxygen atoms in total. The summed E-state index contributed by atoms with van der Waals surface area (Å²) in [6, 6.07) is 3.57. The summed E-state index contributed by atoms with van der Waals surface area (Å²) < 4.78 is 25.5. The van der Waals surface area contributed by atoms with Gasteiger partial charge in [-0.25, -0.2) is 8.42 Å². The molecule has 1 aromatic heterocycles. The summed E-state index contributed by atoms with van der Waals surface area (Å²) >= 11 is 0. The van der Waals surface area contributed by atoms with Crippen molar-refractivity contribution in [1.82, 2.24) is 9.29 Å². The topological polar surface area (TPSA) is 76.3 Å². The van der Waals surface area contributed by atoms with E-state index in [0.717, 1.165) is 5.56 Å². The highest BCUT2D eigenvalue weighted by atomic mass is 32.2. The van der Waals surface area contributed by atoms with Gasteiger partial charge in [0.1, 0.15) is 0 Å². The number of nitrogens with zero attached hydrogens (tertiary/aromatic N) is 2. The predicted molar refractivity (Wildman–Crippen MR) is 67.8 cm³/mol. The van der Waals surface area contributed by atoms with Crippen LogP contribution in [0.3, 0.4) is 0 Å². The van der Waals surface area contributed by atoms with Gasteiger partial charge in [0.2, 0.25) is 10.0 Å². The maximum atomic E-state index is 12.0. The summed E-state index contributed by atoms with van der Waals surface area (Å²) in [7, 11) is -3.29. The van der Waals surface area contributed by atoms with E-state index in [2.05, 4.69) is 4.98 Å². The van der Waals surface area contributed by atoms with Gasteiger partial charge in [-0.05, 0) is 25.5 Å². The van der Waals surface area contributed by atoms with Crippen molar-refractivity contribution in [3.05, 3.63) is 30.1 Å². The Morgan fingerprint density at radius 3 is 2.65 bits per heavy atom. The fourth-order valence-electron chi connectivity index (χ4n) is 1.54.